The van der Waals surface area contributed by atoms with Crippen molar-refractivity contribution >= 4 is 17.7 Å². The first-order chi connectivity index (χ1) is 7.06. The lowest BCUT2D eigenvalue weighted by atomic mass is 10.1. The zero-order chi connectivity index (χ0) is 11.4. The minimum Gasteiger partial charge on any atom is -0.411 e. The zero-order valence-electron chi connectivity index (χ0n) is 7.88. The Bertz CT molecular complexity index is 440. The largest absolute Gasteiger partial charge is 0.411 e. The van der Waals surface area contributed by atoms with Crippen LogP contribution in [0.15, 0.2) is 23.4 Å². The number of nitro groups is 1. The number of carbonyl (C=O) groups is 1. The van der Waals surface area contributed by atoms with E-state index >= 15 is 0 Å². The SMILES string of the molecule is Cc1cc(C(=O)C=NO)ccc1[N+](=O)[O-]. The van der Waals surface area contributed by atoms with E-state index in [1.165, 1.54) is 25.1 Å². The molecule has 1 aromatic rings. The molecule has 0 bridgehead atoms. The molecule has 0 fully saturated rings. The molecule has 1 aromatic carbocycles. The summed E-state index contributed by atoms with van der Waals surface area (Å²) in [7, 11) is 0. The number of aryl methyl sites for hydroxylation is 1. The van der Waals surface area contributed by atoms with Crippen molar-refractivity contribution in [3.8, 4) is 0 Å². The molecule has 0 radical (unpaired) electrons. The van der Waals surface area contributed by atoms with Crippen molar-refractivity contribution in [3.63, 3.8) is 0 Å². The topological polar surface area (TPSA) is 92.8 Å². The van der Waals surface area contributed by atoms with Crippen LogP contribution in [0.25, 0.3) is 0 Å². The van der Waals surface area contributed by atoms with Gasteiger partial charge in [0.1, 0.15) is 6.21 Å². The van der Waals surface area contributed by atoms with Crippen LogP contribution in [-0.4, -0.2) is 22.1 Å². The lowest BCUT2D eigenvalue weighted by Crippen LogP contribution is -2.01. The number of oxime groups is 1. The summed E-state index contributed by atoms with van der Waals surface area (Å²) in [4.78, 5) is 21.2. The summed E-state index contributed by atoms with van der Waals surface area (Å²) < 4.78 is 0. The van der Waals surface area contributed by atoms with Gasteiger partial charge in [0.25, 0.3) is 5.69 Å². The van der Waals surface area contributed by atoms with Gasteiger partial charge in [0.2, 0.25) is 5.78 Å². The van der Waals surface area contributed by atoms with Crippen molar-refractivity contribution in [2.45, 2.75) is 6.92 Å². The third kappa shape index (κ3) is 2.37. The lowest BCUT2D eigenvalue weighted by Gasteiger charge is -1.98. The highest BCUT2D eigenvalue weighted by Crippen LogP contribution is 2.18. The monoisotopic (exact) mass is 208 g/mol. The summed E-state index contributed by atoms with van der Waals surface area (Å²) in [6, 6.07) is 3.94. The Labute approximate surface area is 85.0 Å². The van der Waals surface area contributed by atoms with Crippen molar-refractivity contribution in [2.24, 2.45) is 5.16 Å². The maximum Gasteiger partial charge on any atom is 0.272 e. The normalized spacial score (nSPS) is 10.5. The van der Waals surface area contributed by atoms with Crippen LogP contribution in [0.3, 0.4) is 0 Å². The molecule has 0 aliphatic heterocycles. The van der Waals surface area contributed by atoms with Crippen LogP contribution in [0.5, 0.6) is 0 Å². The van der Waals surface area contributed by atoms with Gasteiger partial charge in [-0.1, -0.05) is 5.16 Å². The Kier molecular flexibility index (Phi) is 3.12. The predicted octanol–water partition coefficient (Wildman–Crippen LogP) is 1.55. The average molecular weight is 208 g/mol. The Morgan fingerprint density at radius 3 is 2.73 bits per heavy atom. The van der Waals surface area contributed by atoms with Gasteiger partial charge in [-0.3, -0.25) is 14.9 Å². The van der Waals surface area contributed by atoms with Crippen LogP contribution in [0, 0.1) is 17.0 Å². The molecular weight excluding hydrogens is 200 g/mol. The van der Waals surface area contributed by atoms with Crippen molar-refractivity contribution in [1.29, 1.82) is 0 Å². The fraction of sp³-hybridized carbons (Fsp3) is 0.111. The number of ketones is 1. The predicted molar refractivity (Wildman–Crippen MR) is 52.4 cm³/mol. The minimum absolute atomic E-state index is 0.0486. The van der Waals surface area contributed by atoms with E-state index in [-0.39, 0.29) is 11.3 Å². The van der Waals surface area contributed by atoms with E-state index in [0.717, 1.165) is 6.21 Å². The third-order valence-electron chi connectivity index (χ3n) is 1.85. The van der Waals surface area contributed by atoms with Crippen molar-refractivity contribution in [3.05, 3.63) is 39.4 Å². The minimum atomic E-state index is -0.524. The number of rotatable bonds is 3. The van der Waals surface area contributed by atoms with Gasteiger partial charge in [0.05, 0.1) is 4.92 Å². The summed E-state index contributed by atoms with van der Waals surface area (Å²) in [5.41, 5.74) is 0.584. The Morgan fingerprint density at radius 2 is 2.27 bits per heavy atom. The number of benzene rings is 1. The molecular formula is C9H8N2O4. The third-order valence-corrected chi connectivity index (χ3v) is 1.85. The highest BCUT2D eigenvalue weighted by Gasteiger charge is 2.12. The number of nitro benzene ring substituents is 1. The molecule has 6 heteroatoms. The van der Waals surface area contributed by atoms with E-state index in [4.69, 9.17) is 5.21 Å². The van der Waals surface area contributed by atoms with E-state index in [2.05, 4.69) is 5.16 Å². The van der Waals surface area contributed by atoms with Crippen molar-refractivity contribution < 1.29 is 14.9 Å². The quantitative estimate of drug-likeness (QED) is 0.268. The summed E-state index contributed by atoms with van der Waals surface area (Å²) in [6.07, 6.45) is 0.737. The molecule has 6 nitrogen and oxygen atoms in total. The van der Waals surface area contributed by atoms with Gasteiger partial charge >= 0.3 is 0 Å². The first-order valence-corrected chi connectivity index (χ1v) is 4.03. The second-order valence-corrected chi connectivity index (χ2v) is 2.87. The molecule has 0 saturated carbocycles. The van der Waals surface area contributed by atoms with Crippen LogP contribution in [0.4, 0.5) is 5.69 Å². The average Bonchev–Trinajstić information content (AvgIpc) is 2.17. The van der Waals surface area contributed by atoms with Gasteiger partial charge in [-0.05, 0) is 19.1 Å². The highest BCUT2D eigenvalue weighted by molar-refractivity contribution is 6.35. The molecule has 0 saturated heterocycles. The molecule has 0 amide bonds. The molecule has 0 aromatic heterocycles. The second-order valence-electron chi connectivity index (χ2n) is 2.87. The first-order valence-electron chi connectivity index (χ1n) is 4.03. The van der Waals surface area contributed by atoms with Gasteiger partial charge in [0.15, 0.2) is 0 Å². The van der Waals surface area contributed by atoms with Gasteiger partial charge in [-0.25, -0.2) is 0 Å². The molecule has 1 rings (SSSR count). The van der Waals surface area contributed by atoms with Crippen LogP contribution in [0.2, 0.25) is 0 Å². The van der Waals surface area contributed by atoms with Crippen LogP contribution < -0.4 is 0 Å². The maximum absolute atomic E-state index is 11.2. The standard InChI is InChI=1S/C9H8N2O4/c1-6-4-7(9(12)5-10-13)2-3-8(6)11(14)15/h2-5,13H,1H3. The Hall–Kier alpha value is -2.24. The molecule has 15 heavy (non-hydrogen) atoms. The van der Waals surface area contributed by atoms with Crippen molar-refractivity contribution in [2.75, 3.05) is 0 Å². The van der Waals surface area contributed by atoms with E-state index < -0.39 is 10.7 Å². The van der Waals surface area contributed by atoms with Crippen LogP contribution in [-0.2, 0) is 0 Å². The number of hydrogen-bond donors (Lipinski definition) is 1. The van der Waals surface area contributed by atoms with Crippen molar-refractivity contribution in [1.82, 2.24) is 0 Å². The molecule has 1 N–H and O–H groups in total. The van der Waals surface area contributed by atoms with E-state index in [1.807, 2.05) is 0 Å². The van der Waals surface area contributed by atoms with Crippen LogP contribution >= 0.6 is 0 Å². The Morgan fingerprint density at radius 1 is 1.60 bits per heavy atom. The van der Waals surface area contributed by atoms with Gasteiger partial charge in [-0.15, -0.1) is 0 Å². The summed E-state index contributed by atoms with van der Waals surface area (Å²) in [6.45, 7) is 1.53. The summed E-state index contributed by atoms with van der Waals surface area (Å²) in [5, 5.41) is 21.2. The van der Waals surface area contributed by atoms with Gasteiger partial charge in [-0.2, -0.15) is 0 Å². The highest BCUT2D eigenvalue weighted by atomic mass is 16.6. The zero-order valence-corrected chi connectivity index (χ0v) is 7.88. The van der Waals surface area contributed by atoms with Crippen LogP contribution in [0.1, 0.15) is 15.9 Å². The summed E-state index contributed by atoms with van der Waals surface area (Å²) in [5.74, 6) is -0.504. The van der Waals surface area contributed by atoms with E-state index in [0.29, 0.717) is 5.56 Å². The fourth-order valence-electron chi connectivity index (χ4n) is 1.14. The number of carbonyl (C=O) groups excluding carboxylic acids is 1. The second kappa shape index (κ2) is 4.32. The lowest BCUT2D eigenvalue weighted by molar-refractivity contribution is -0.385. The molecule has 0 aliphatic rings. The smallest absolute Gasteiger partial charge is 0.272 e. The molecule has 0 spiro atoms. The fourth-order valence-corrected chi connectivity index (χ4v) is 1.14. The molecule has 0 heterocycles. The molecule has 0 unspecified atom stereocenters. The molecule has 0 aliphatic carbocycles. The number of nitrogens with zero attached hydrogens (tertiary/aromatic N) is 2. The number of hydrogen-bond acceptors (Lipinski definition) is 5. The number of Topliss-reactive ketones (excluding diaryl/α,β-unsaturated/α-hetero) is 1. The Balaban J connectivity index is 3.12. The first kappa shape index (κ1) is 10.8. The van der Waals surface area contributed by atoms with Gasteiger partial charge in [0, 0.05) is 17.2 Å². The molecule has 78 valence electrons. The van der Waals surface area contributed by atoms with E-state index in [9.17, 15) is 14.9 Å². The van der Waals surface area contributed by atoms with E-state index in [1.54, 1.807) is 0 Å². The summed E-state index contributed by atoms with van der Waals surface area (Å²) >= 11 is 0. The molecule has 0 atom stereocenters. The van der Waals surface area contributed by atoms with Gasteiger partial charge < -0.3 is 5.21 Å². The maximum atomic E-state index is 11.2.